The number of hydrogen-bond donors (Lipinski definition) is 2. The number of imide groups is 1. The van der Waals surface area contributed by atoms with E-state index in [9.17, 15) is 19.5 Å². The van der Waals surface area contributed by atoms with Gasteiger partial charge in [-0.25, -0.2) is 9.59 Å². The molecular formula is C19H24N2O6. The Bertz CT molecular complexity index is 711. The van der Waals surface area contributed by atoms with E-state index in [1.165, 1.54) is 0 Å². The van der Waals surface area contributed by atoms with E-state index in [0.29, 0.717) is 30.8 Å². The first-order chi connectivity index (χ1) is 12.9. The van der Waals surface area contributed by atoms with E-state index >= 15 is 0 Å². The fourth-order valence-electron chi connectivity index (χ4n) is 3.52. The fraction of sp³-hybridized carbons (Fsp3) is 0.526. The van der Waals surface area contributed by atoms with Crippen molar-refractivity contribution >= 4 is 17.9 Å². The molecule has 1 aliphatic heterocycles. The number of esters is 1. The van der Waals surface area contributed by atoms with Gasteiger partial charge < -0.3 is 19.9 Å². The van der Waals surface area contributed by atoms with Gasteiger partial charge in [-0.05, 0) is 44.0 Å². The molecule has 1 aliphatic carbocycles. The van der Waals surface area contributed by atoms with Gasteiger partial charge in [-0.2, -0.15) is 0 Å². The van der Waals surface area contributed by atoms with E-state index in [-0.39, 0.29) is 19.1 Å². The molecule has 2 aliphatic rings. The van der Waals surface area contributed by atoms with Gasteiger partial charge in [0, 0.05) is 0 Å². The lowest BCUT2D eigenvalue weighted by Crippen LogP contribution is -2.45. The lowest BCUT2D eigenvalue weighted by Gasteiger charge is -2.21. The maximum Gasteiger partial charge on any atom is 0.338 e. The Labute approximate surface area is 157 Å². The molecule has 1 saturated heterocycles. The van der Waals surface area contributed by atoms with Gasteiger partial charge in [0.2, 0.25) is 0 Å². The number of aliphatic hydroxyl groups excluding tert-OH is 1. The van der Waals surface area contributed by atoms with Crippen LogP contribution in [0.5, 0.6) is 5.75 Å². The van der Waals surface area contributed by atoms with Crippen molar-refractivity contribution in [1.29, 1.82) is 0 Å². The maximum absolute atomic E-state index is 12.6. The molecule has 3 rings (SSSR count). The van der Waals surface area contributed by atoms with Crippen LogP contribution in [0.25, 0.3) is 0 Å². The lowest BCUT2D eigenvalue weighted by atomic mass is 9.98. The third kappa shape index (κ3) is 4.05. The van der Waals surface area contributed by atoms with Crippen LogP contribution in [0.1, 0.15) is 43.0 Å². The van der Waals surface area contributed by atoms with Crippen molar-refractivity contribution in [3.05, 3.63) is 29.8 Å². The number of urea groups is 1. The molecule has 0 radical (unpaired) electrons. The topological polar surface area (TPSA) is 105 Å². The fourth-order valence-corrected chi connectivity index (χ4v) is 3.52. The molecule has 146 valence electrons. The van der Waals surface area contributed by atoms with Gasteiger partial charge in [0.05, 0.1) is 18.7 Å². The summed E-state index contributed by atoms with van der Waals surface area (Å²) < 4.78 is 10.4. The summed E-state index contributed by atoms with van der Waals surface area (Å²) in [5, 5.41) is 13.0. The molecule has 0 bridgehead atoms. The molecule has 3 amide bonds. The number of rotatable bonds is 7. The number of amides is 3. The van der Waals surface area contributed by atoms with E-state index in [1.807, 2.05) is 0 Å². The van der Waals surface area contributed by atoms with Crippen LogP contribution in [0.4, 0.5) is 4.79 Å². The van der Waals surface area contributed by atoms with Crippen molar-refractivity contribution in [2.45, 2.75) is 44.2 Å². The van der Waals surface area contributed by atoms with Crippen LogP contribution in [-0.2, 0) is 9.53 Å². The first-order valence-corrected chi connectivity index (χ1v) is 9.17. The van der Waals surface area contributed by atoms with E-state index in [4.69, 9.17) is 9.47 Å². The first kappa shape index (κ1) is 19.2. The van der Waals surface area contributed by atoms with Gasteiger partial charge in [0.25, 0.3) is 5.91 Å². The summed E-state index contributed by atoms with van der Waals surface area (Å²) in [5.41, 5.74) is -0.369. The van der Waals surface area contributed by atoms with Gasteiger partial charge in [0.1, 0.15) is 24.0 Å². The molecule has 1 unspecified atom stereocenters. The number of aliphatic hydroxyl groups is 1. The molecule has 1 aromatic rings. The summed E-state index contributed by atoms with van der Waals surface area (Å²) in [6, 6.07) is 5.88. The second kappa shape index (κ2) is 7.96. The highest BCUT2D eigenvalue weighted by Gasteiger charge is 2.52. The van der Waals surface area contributed by atoms with Gasteiger partial charge in [0.15, 0.2) is 0 Å². The summed E-state index contributed by atoms with van der Waals surface area (Å²) in [5.74, 6) is -0.210. The van der Waals surface area contributed by atoms with Crippen LogP contribution in [0, 0.1) is 0 Å². The normalized spacial score (nSPS) is 19.3. The molecule has 1 heterocycles. The second-order valence-corrected chi connectivity index (χ2v) is 6.84. The van der Waals surface area contributed by atoms with Crippen molar-refractivity contribution in [1.82, 2.24) is 10.2 Å². The molecule has 8 heteroatoms. The number of nitrogens with one attached hydrogen (secondary N) is 1. The van der Waals surface area contributed by atoms with Crippen LogP contribution in [0.2, 0.25) is 0 Å². The van der Waals surface area contributed by atoms with Crippen molar-refractivity contribution in [2.75, 3.05) is 19.8 Å². The monoisotopic (exact) mass is 376 g/mol. The van der Waals surface area contributed by atoms with Crippen LogP contribution in [0.3, 0.4) is 0 Å². The number of hydrogen-bond acceptors (Lipinski definition) is 6. The smallest absolute Gasteiger partial charge is 0.338 e. The Balaban J connectivity index is 1.51. The number of carbonyl (C=O) groups excluding carboxylic acids is 3. The Morgan fingerprint density at radius 2 is 1.93 bits per heavy atom. The molecule has 1 aromatic carbocycles. The number of carbonyl (C=O) groups is 3. The Kier molecular flexibility index (Phi) is 5.65. The van der Waals surface area contributed by atoms with Crippen molar-refractivity contribution < 1.29 is 29.0 Å². The molecule has 1 spiro atoms. The molecule has 2 N–H and O–H groups in total. The Hall–Kier alpha value is -2.61. The molecule has 2 fully saturated rings. The number of β-amino-alcohol motifs (C(OH)–C–C–N with tert-alkyl or cyclic N) is 1. The predicted molar refractivity (Wildman–Crippen MR) is 95.3 cm³/mol. The van der Waals surface area contributed by atoms with E-state index in [1.54, 1.807) is 31.2 Å². The predicted octanol–water partition coefficient (Wildman–Crippen LogP) is 1.47. The van der Waals surface area contributed by atoms with E-state index in [2.05, 4.69) is 5.32 Å². The summed E-state index contributed by atoms with van der Waals surface area (Å²) in [6.45, 7) is 1.83. The van der Waals surface area contributed by atoms with Gasteiger partial charge in [-0.1, -0.05) is 12.8 Å². The Morgan fingerprint density at radius 3 is 2.56 bits per heavy atom. The number of ether oxygens (including phenoxy) is 2. The molecule has 0 aromatic heterocycles. The molecular weight excluding hydrogens is 352 g/mol. The zero-order valence-electron chi connectivity index (χ0n) is 15.3. The van der Waals surface area contributed by atoms with Crippen molar-refractivity contribution in [2.24, 2.45) is 0 Å². The van der Waals surface area contributed by atoms with E-state index < -0.39 is 23.6 Å². The minimum absolute atomic E-state index is 0.0805. The highest BCUT2D eigenvalue weighted by molar-refractivity contribution is 6.07. The highest BCUT2D eigenvalue weighted by atomic mass is 16.5. The standard InChI is InChI=1S/C19H24N2O6/c1-2-26-16(23)13-5-7-15(8-6-13)27-12-14(22)11-21-17(24)19(20-18(21)25)9-3-4-10-19/h5-8,14,22H,2-4,9-12H2,1H3,(H,20,25). The summed E-state index contributed by atoms with van der Waals surface area (Å²) in [7, 11) is 0. The first-order valence-electron chi connectivity index (χ1n) is 9.17. The average Bonchev–Trinajstić information content (AvgIpc) is 3.21. The quantitative estimate of drug-likeness (QED) is 0.551. The summed E-state index contributed by atoms with van der Waals surface area (Å²) in [4.78, 5) is 37.3. The zero-order chi connectivity index (χ0) is 19.4. The molecule has 1 saturated carbocycles. The summed E-state index contributed by atoms with van der Waals surface area (Å²) in [6.07, 6.45) is 2.10. The highest BCUT2D eigenvalue weighted by Crippen LogP contribution is 2.35. The molecule has 27 heavy (non-hydrogen) atoms. The van der Waals surface area contributed by atoms with Gasteiger partial charge in [-0.15, -0.1) is 0 Å². The second-order valence-electron chi connectivity index (χ2n) is 6.84. The van der Waals surface area contributed by atoms with Crippen molar-refractivity contribution in [3.63, 3.8) is 0 Å². The number of nitrogens with zero attached hydrogens (tertiary/aromatic N) is 1. The molecule has 8 nitrogen and oxygen atoms in total. The van der Waals surface area contributed by atoms with Crippen LogP contribution in [-0.4, -0.2) is 59.3 Å². The van der Waals surface area contributed by atoms with Crippen molar-refractivity contribution in [3.8, 4) is 5.75 Å². The zero-order valence-corrected chi connectivity index (χ0v) is 15.3. The van der Waals surface area contributed by atoms with Gasteiger partial charge >= 0.3 is 12.0 Å². The Morgan fingerprint density at radius 1 is 1.26 bits per heavy atom. The van der Waals surface area contributed by atoms with Crippen LogP contribution < -0.4 is 10.1 Å². The third-order valence-corrected chi connectivity index (χ3v) is 4.90. The lowest BCUT2D eigenvalue weighted by molar-refractivity contribution is -0.132. The number of benzene rings is 1. The van der Waals surface area contributed by atoms with Gasteiger partial charge in [-0.3, -0.25) is 9.69 Å². The SMILES string of the molecule is CCOC(=O)c1ccc(OCC(O)CN2C(=O)NC3(CCCC3)C2=O)cc1. The van der Waals surface area contributed by atoms with Crippen LogP contribution >= 0.6 is 0 Å². The summed E-state index contributed by atoms with van der Waals surface area (Å²) >= 11 is 0. The third-order valence-electron chi connectivity index (χ3n) is 4.90. The maximum atomic E-state index is 12.6. The average molecular weight is 376 g/mol. The van der Waals surface area contributed by atoms with Crippen LogP contribution in [0.15, 0.2) is 24.3 Å². The van der Waals surface area contributed by atoms with E-state index in [0.717, 1.165) is 17.7 Å². The molecule has 1 atom stereocenters. The minimum atomic E-state index is -1.01. The largest absolute Gasteiger partial charge is 0.491 e. The minimum Gasteiger partial charge on any atom is -0.491 e.